The van der Waals surface area contributed by atoms with Gasteiger partial charge in [-0.25, -0.2) is 0 Å². The summed E-state index contributed by atoms with van der Waals surface area (Å²) in [6.45, 7) is 4.39. The smallest absolute Gasteiger partial charge is 0.257 e. The number of amides is 2. The first-order chi connectivity index (χ1) is 11.2. The number of para-hydroxylation sites is 1. The van der Waals surface area contributed by atoms with Crippen molar-refractivity contribution in [3.63, 3.8) is 0 Å². The van der Waals surface area contributed by atoms with Crippen LogP contribution in [0, 0.1) is 5.92 Å². The second-order valence-electron chi connectivity index (χ2n) is 5.60. The summed E-state index contributed by atoms with van der Waals surface area (Å²) >= 11 is 0. The number of carbonyl (C=O) groups excluding carboxylic acids is 2. The second-order valence-corrected chi connectivity index (χ2v) is 5.60. The molecule has 1 heterocycles. The molecule has 0 spiro atoms. The van der Waals surface area contributed by atoms with E-state index in [0.717, 1.165) is 12.8 Å². The molecule has 1 aliphatic heterocycles. The van der Waals surface area contributed by atoms with E-state index in [9.17, 15) is 9.59 Å². The van der Waals surface area contributed by atoms with Crippen molar-refractivity contribution in [3.8, 4) is 5.75 Å². The van der Waals surface area contributed by atoms with Gasteiger partial charge in [-0.1, -0.05) is 12.1 Å². The van der Waals surface area contributed by atoms with Crippen molar-refractivity contribution in [3.05, 3.63) is 29.8 Å². The Morgan fingerprint density at radius 1 is 1.39 bits per heavy atom. The van der Waals surface area contributed by atoms with Crippen LogP contribution in [0.4, 0.5) is 0 Å². The summed E-state index contributed by atoms with van der Waals surface area (Å²) in [5.74, 6) is 0.324. The topological polar surface area (TPSA) is 84.7 Å². The Kier molecular flexibility index (Phi) is 6.40. The van der Waals surface area contributed by atoms with E-state index in [1.165, 1.54) is 0 Å². The van der Waals surface area contributed by atoms with Gasteiger partial charge in [0, 0.05) is 26.2 Å². The molecule has 1 fully saturated rings. The number of likely N-dealkylation sites (tertiary alicyclic amines) is 1. The summed E-state index contributed by atoms with van der Waals surface area (Å²) in [5.41, 5.74) is 5.96. The van der Waals surface area contributed by atoms with Crippen molar-refractivity contribution in [1.29, 1.82) is 0 Å². The average Bonchev–Trinajstić information content (AvgIpc) is 2.60. The van der Waals surface area contributed by atoms with Crippen molar-refractivity contribution in [2.45, 2.75) is 19.8 Å². The molecular formula is C17H25N3O3. The molecule has 23 heavy (non-hydrogen) atoms. The van der Waals surface area contributed by atoms with Gasteiger partial charge in [0.25, 0.3) is 5.91 Å². The molecule has 1 aromatic rings. The van der Waals surface area contributed by atoms with E-state index in [4.69, 9.17) is 10.5 Å². The van der Waals surface area contributed by atoms with Crippen LogP contribution in [0.5, 0.6) is 5.75 Å². The molecule has 6 heteroatoms. The van der Waals surface area contributed by atoms with Crippen molar-refractivity contribution in [2.75, 3.05) is 32.8 Å². The standard InChI is InChI=1S/C17H25N3O3/c1-2-23-15-8-4-3-7-14(15)17(22)20-11-5-6-13(12-20)16(21)19-10-9-18/h3-4,7-8,13H,2,5-6,9-12,18H2,1H3,(H,19,21). The number of piperidine rings is 1. The third-order valence-corrected chi connectivity index (χ3v) is 3.94. The highest BCUT2D eigenvalue weighted by Crippen LogP contribution is 2.23. The molecule has 1 aliphatic rings. The number of ether oxygens (including phenoxy) is 1. The van der Waals surface area contributed by atoms with E-state index in [1.807, 2.05) is 19.1 Å². The van der Waals surface area contributed by atoms with E-state index in [2.05, 4.69) is 5.32 Å². The van der Waals surface area contributed by atoms with Gasteiger partial charge in [-0.05, 0) is 31.9 Å². The third-order valence-electron chi connectivity index (χ3n) is 3.94. The molecule has 126 valence electrons. The fraction of sp³-hybridized carbons (Fsp3) is 0.529. The van der Waals surface area contributed by atoms with Crippen molar-refractivity contribution in [1.82, 2.24) is 10.2 Å². The lowest BCUT2D eigenvalue weighted by Crippen LogP contribution is -2.46. The minimum absolute atomic E-state index is 0.0222. The second kappa shape index (κ2) is 8.53. The van der Waals surface area contributed by atoms with Crippen LogP contribution in [-0.4, -0.2) is 49.5 Å². The van der Waals surface area contributed by atoms with Crippen LogP contribution in [0.2, 0.25) is 0 Å². The maximum Gasteiger partial charge on any atom is 0.257 e. The Morgan fingerprint density at radius 3 is 2.91 bits per heavy atom. The minimum Gasteiger partial charge on any atom is -0.493 e. The summed E-state index contributed by atoms with van der Waals surface area (Å²) in [6.07, 6.45) is 1.62. The minimum atomic E-state index is -0.168. The predicted octanol–water partition coefficient (Wildman–Crippen LogP) is 1.01. The van der Waals surface area contributed by atoms with Crippen LogP contribution >= 0.6 is 0 Å². The van der Waals surface area contributed by atoms with Gasteiger partial charge in [-0.15, -0.1) is 0 Å². The molecule has 1 aromatic carbocycles. The van der Waals surface area contributed by atoms with Crippen LogP contribution in [0.1, 0.15) is 30.1 Å². The van der Waals surface area contributed by atoms with Crippen LogP contribution in [0.25, 0.3) is 0 Å². The number of nitrogens with zero attached hydrogens (tertiary/aromatic N) is 1. The SMILES string of the molecule is CCOc1ccccc1C(=O)N1CCCC(C(=O)NCCN)C1. The molecule has 1 unspecified atom stereocenters. The van der Waals surface area contributed by atoms with E-state index in [-0.39, 0.29) is 17.7 Å². The average molecular weight is 319 g/mol. The van der Waals surface area contributed by atoms with Gasteiger partial charge in [-0.2, -0.15) is 0 Å². The van der Waals surface area contributed by atoms with Gasteiger partial charge in [-0.3, -0.25) is 9.59 Å². The first-order valence-electron chi connectivity index (χ1n) is 8.16. The summed E-state index contributed by atoms with van der Waals surface area (Å²) in [6, 6.07) is 7.24. The molecule has 2 amide bonds. The van der Waals surface area contributed by atoms with Gasteiger partial charge < -0.3 is 20.7 Å². The number of rotatable bonds is 6. The lowest BCUT2D eigenvalue weighted by atomic mass is 9.96. The van der Waals surface area contributed by atoms with Crippen LogP contribution in [0.3, 0.4) is 0 Å². The maximum absolute atomic E-state index is 12.8. The Labute approximate surface area is 137 Å². The van der Waals surface area contributed by atoms with Crippen molar-refractivity contribution in [2.24, 2.45) is 11.7 Å². The molecule has 1 saturated heterocycles. The van der Waals surface area contributed by atoms with Gasteiger partial charge >= 0.3 is 0 Å². The van der Waals surface area contributed by atoms with E-state index in [0.29, 0.717) is 44.1 Å². The predicted molar refractivity (Wildman–Crippen MR) is 88.3 cm³/mol. The first kappa shape index (κ1) is 17.3. The van der Waals surface area contributed by atoms with Gasteiger partial charge in [0.15, 0.2) is 0 Å². The highest BCUT2D eigenvalue weighted by Gasteiger charge is 2.29. The monoisotopic (exact) mass is 319 g/mol. The molecule has 0 bridgehead atoms. The zero-order valence-electron chi connectivity index (χ0n) is 13.6. The van der Waals surface area contributed by atoms with Crippen LogP contribution < -0.4 is 15.8 Å². The first-order valence-corrected chi connectivity index (χ1v) is 8.16. The molecule has 0 aromatic heterocycles. The third kappa shape index (κ3) is 4.45. The number of carbonyl (C=O) groups is 2. The maximum atomic E-state index is 12.8. The highest BCUT2D eigenvalue weighted by molar-refractivity contribution is 5.97. The number of benzene rings is 1. The van der Waals surface area contributed by atoms with E-state index >= 15 is 0 Å². The van der Waals surface area contributed by atoms with Crippen LogP contribution in [-0.2, 0) is 4.79 Å². The normalized spacial score (nSPS) is 17.7. The van der Waals surface area contributed by atoms with Crippen LogP contribution in [0.15, 0.2) is 24.3 Å². The largest absolute Gasteiger partial charge is 0.493 e. The number of hydrogen-bond acceptors (Lipinski definition) is 4. The molecule has 1 atom stereocenters. The fourth-order valence-electron chi connectivity index (χ4n) is 2.81. The number of nitrogens with one attached hydrogen (secondary N) is 1. The van der Waals surface area contributed by atoms with Gasteiger partial charge in [0.2, 0.25) is 5.91 Å². The van der Waals surface area contributed by atoms with Gasteiger partial charge in [0.1, 0.15) is 5.75 Å². The number of hydrogen-bond donors (Lipinski definition) is 2. The summed E-state index contributed by atoms with van der Waals surface area (Å²) in [7, 11) is 0. The Hall–Kier alpha value is -2.08. The van der Waals surface area contributed by atoms with Crippen molar-refractivity contribution >= 4 is 11.8 Å². The molecule has 3 N–H and O–H groups in total. The zero-order valence-corrected chi connectivity index (χ0v) is 13.6. The summed E-state index contributed by atoms with van der Waals surface area (Å²) < 4.78 is 5.54. The molecule has 0 saturated carbocycles. The Morgan fingerprint density at radius 2 is 2.17 bits per heavy atom. The summed E-state index contributed by atoms with van der Waals surface area (Å²) in [4.78, 5) is 26.6. The molecular weight excluding hydrogens is 294 g/mol. The zero-order chi connectivity index (χ0) is 16.7. The van der Waals surface area contributed by atoms with E-state index < -0.39 is 0 Å². The molecule has 0 radical (unpaired) electrons. The van der Waals surface area contributed by atoms with Gasteiger partial charge in [0.05, 0.1) is 18.1 Å². The highest BCUT2D eigenvalue weighted by atomic mass is 16.5. The molecule has 2 rings (SSSR count). The lowest BCUT2D eigenvalue weighted by Gasteiger charge is -2.32. The Balaban J connectivity index is 2.06. The quantitative estimate of drug-likeness (QED) is 0.819. The lowest BCUT2D eigenvalue weighted by molar-refractivity contribution is -0.126. The molecule has 0 aliphatic carbocycles. The van der Waals surface area contributed by atoms with Crippen molar-refractivity contribution < 1.29 is 14.3 Å². The number of nitrogens with two attached hydrogens (primary N) is 1. The summed E-state index contributed by atoms with van der Waals surface area (Å²) in [5, 5.41) is 2.81. The Bertz CT molecular complexity index is 548. The fourth-order valence-corrected chi connectivity index (χ4v) is 2.81. The van der Waals surface area contributed by atoms with E-state index in [1.54, 1.807) is 17.0 Å². The molecule has 6 nitrogen and oxygen atoms in total.